The summed E-state index contributed by atoms with van der Waals surface area (Å²) in [6, 6.07) is 4.55. The van der Waals surface area contributed by atoms with E-state index in [4.69, 9.17) is 11.6 Å². The fourth-order valence-electron chi connectivity index (χ4n) is 1.39. The number of nitrogens with zero attached hydrogens (tertiary/aromatic N) is 2. The molecule has 2 N–H and O–H groups in total. The van der Waals surface area contributed by atoms with Crippen LogP contribution in [0.2, 0.25) is 5.02 Å². The summed E-state index contributed by atoms with van der Waals surface area (Å²) >= 11 is 6.73. The van der Waals surface area contributed by atoms with E-state index in [1.807, 2.05) is 0 Å². The summed E-state index contributed by atoms with van der Waals surface area (Å²) in [4.78, 5) is 22.8. The van der Waals surface area contributed by atoms with Crippen LogP contribution in [-0.2, 0) is 14.3 Å². The lowest BCUT2D eigenvalue weighted by Crippen LogP contribution is -2.19. The highest BCUT2D eigenvalue weighted by Crippen LogP contribution is 2.24. The minimum Gasteiger partial charge on any atom is -0.506 e. The molecule has 2 rings (SSSR count). The van der Waals surface area contributed by atoms with Crippen molar-refractivity contribution in [3.05, 3.63) is 39.8 Å². The zero-order chi connectivity index (χ0) is 16.1. The summed E-state index contributed by atoms with van der Waals surface area (Å²) in [7, 11) is 1.22. The van der Waals surface area contributed by atoms with Gasteiger partial charge < -0.3 is 9.84 Å². The standard InChI is InChI=1S/C13H10ClN3O4S/c1-21-11(19)5-10-12(20)16-13(22-10)17-15-6-7-2-3-9(18)8(14)4-7/h2-6,18H,1H3,(H,16,17,20)/b10-5+,15-6?. The molecule has 0 atom stereocenters. The number of aromatic hydroxyl groups is 1. The smallest absolute Gasteiger partial charge is 0.331 e. The third-order valence-electron chi connectivity index (χ3n) is 2.43. The number of halogens is 1. The molecule has 1 saturated heterocycles. The monoisotopic (exact) mass is 339 g/mol. The second kappa shape index (κ2) is 7.10. The first kappa shape index (κ1) is 16.1. The maximum atomic E-state index is 11.6. The van der Waals surface area contributed by atoms with Gasteiger partial charge >= 0.3 is 5.97 Å². The molecule has 0 bridgehead atoms. The third kappa shape index (κ3) is 4.09. The number of carbonyl (C=O) groups is 2. The second-order valence-electron chi connectivity index (χ2n) is 3.95. The molecule has 1 aromatic carbocycles. The van der Waals surface area contributed by atoms with Crippen molar-refractivity contribution < 1.29 is 19.4 Å². The molecule has 1 amide bonds. The molecule has 7 nitrogen and oxygen atoms in total. The van der Waals surface area contributed by atoms with Gasteiger partial charge in [0, 0.05) is 6.08 Å². The maximum absolute atomic E-state index is 11.6. The Morgan fingerprint density at radius 2 is 2.27 bits per heavy atom. The Kier molecular flexibility index (Phi) is 5.18. The lowest BCUT2D eigenvalue weighted by molar-refractivity contribution is -0.135. The summed E-state index contributed by atoms with van der Waals surface area (Å²) in [5.74, 6) is -1.10. The number of carbonyl (C=O) groups excluding carboxylic acids is 2. The van der Waals surface area contributed by atoms with Crippen LogP contribution in [0.15, 0.2) is 39.4 Å². The normalized spacial score (nSPS) is 18.2. The molecule has 1 aliphatic heterocycles. The number of thioether (sulfide) groups is 1. The average Bonchev–Trinajstić information content (AvgIpc) is 2.83. The molecule has 22 heavy (non-hydrogen) atoms. The van der Waals surface area contributed by atoms with E-state index in [9.17, 15) is 14.7 Å². The van der Waals surface area contributed by atoms with Gasteiger partial charge in [0.2, 0.25) is 0 Å². The van der Waals surface area contributed by atoms with Crippen LogP contribution in [-0.4, -0.2) is 35.5 Å². The van der Waals surface area contributed by atoms with Crippen molar-refractivity contribution >= 4 is 46.6 Å². The fraction of sp³-hybridized carbons (Fsp3) is 0.0769. The van der Waals surface area contributed by atoms with Crippen LogP contribution in [0.25, 0.3) is 0 Å². The van der Waals surface area contributed by atoms with Gasteiger partial charge in [-0.3, -0.25) is 10.1 Å². The molecular formula is C13H10ClN3O4S. The van der Waals surface area contributed by atoms with Gasteiger partial charge in [-0.1, -0.05) is 11.6 Å². The molecule has 114 valence electrons. The Bertz CT molecular complexity index is 715. The van der Waals surface area contributed by atoms with Crippen molar-refractivity contribution in [2.24, 2.45) is 10.2 Å². The Balaban J connectivity index is 2.06. The highest BCUT2D eigenvalue weighted by atomic mass is 35.5. The molecule has 0 saturated carbocycles. The minimum atomic E-state index is -0.624. The zero-order valence-corrected chi connectivity index (χ0v) is 12.8. The molecule has 1 heterocycles. The Morgan fingerprint density at radius 3 is 2.95 bits per heavy atom. The number of phenolic OH excluding ortho intramolecular Hbond substituents is 1. The minimum absolute atomic E-state index is 0.0265. The second-order valence-corrected chi connectivity index (χ2v) is 5.39. The van der Waals surface area contributed by atoms with E-state index < -0.39 is 11.9 Å². The molecule has 9 heteroatoms. The van der Waals surface area contributed by atoms with Crippen molar-refractivity contribution in [2.75, 3.05) is 7.11 Å². The number of phenols is 1. The van der Waals surface area contributed by atoms with Crippen LogP contribution < -0.4 is 5.32 Å². The first-order chi connectivity index (χ1) is 10.5. The van der Waals surface area contributed by atoms with Crippen molar-refractivity contribution in [1.82, 2.24) is 5.32 Å². The van der Waals surface area contributed by atoms with Gasteiger partial charge in [-0.25, -0.2) is 4.79 Å². The van der Waals surface area contributed by atoms with Gasteiger partial charge in [-0.15, -0.1) is 5.10 Å². The molecule has 0 aliphatic carbocycles. The van der Waals surface area contributed by atoms with E-state index in [0.717, 1.165) is 17.8 Å². The predicted octanol–water partition coefficient (Wildman–Crippen LogP) is 1.66. The average molecular weight is 340 g/mol. The molecule has 1 aromatic rings. The zero-order valence-electron chi connectivity index (χ0n) is 11.2. The van der Waals surface area contributed by atoms with Gasteiger partial charge in [0.1, 0.15) is 5.75 Å². The Labute approximate surface area is 134 Å². The summed E-state index contributed by atoms with van der Waals surface area (Å²) in [6.07, 6.45) is 2.49. The van der Waals surface area contributed by atoms with Gasteiger partial charge in [0.15, 0.2) is 5.17 Å². The van der Waals surface area contributed by atoms with Crippen LogP contribution in [0, 0.1) is 0 Å². The Hall–Kier alpha value is -2.32. The van der Waals surface area contributed by atoms with E-state index in [-0.39, 0.29) is 20.8 Å². The van der Waals surface area contributed by atoms with Crippen molar-refractivity contribution in [1.29, 1.82) is 0 Å². The summed E-state index contributed by atoms with van der Waals surface area (Å²) < 4.78 is 4.44. The summed E-state index contributed by atoms with van der Waals surface area (Å²) in [5, 5.41) is 19.8. The van der Waals surface area contributed by atoms with Crippen LogP contribution in [0.5, 0.6) is 5.75 Å². The number of methoxy groups -OCH3 is 1. The number of amides is 1. The van der Waals surface area contributed by atoms with Crippen LogP contribution >= 0.6 is 23.4 Å². The number of ether oxygens (including phenoxy) is 1. The van der Waals surface area contributed by atoms with E-state index in [2.05, 4.69) is 20.3 Å². The fourth-order valence-corrected chi connectivity index (χ4v) is 2.32. The number of amidine groups is 1. The number of nitrogens with one attached hydrogen (secondary N) is 1. The van der Waals surface area contributed by atoms with Gasteiger partial charge in [-0.2, -0.15) is 5.10 Å². The van der Waals surface area contributed by atoms with Crippen molar-refractivity contribution in [2.45, 2.75) is 0 Å². The van der Waals surface area contributed by atoms with E-state index in [1.165, 1.54) is 25.5 Å². The van der Waals surface area contributed by atoms with Crippen LogP contribution in [0.4, 0.5) is 0 Å². The van der Waals surface area contributed by atoms with Gasteiger partial charge in [-0.05, 0) is 35.5 Å². The van der Waals surface area contributed by atoms with Gasteiger partial charge in [0.05, 0.1) is 23.3 Å². The molecule has 0 aromatic heterocycles. The molecule has 0 radical (unpaired) electrons. The van der Waals surface area contributed by atoms with Crippen molar-refractivity contribution in [3.8, 4) is 5.75 Å². The lowest BCUT2D eigenvalue weighted by Gasteiger charge is -1.96. The van der Waals surface area contributed by atoms with Gasteiger partial charge in [0.25, 0.3) is 5.91 Å². The molecule has 0 spiro atoms. The number of hydrogen-bond donors (Lipinski definition) is 2. The van der Waals surface area contributed by atoms with Crippen LogP contribution in [0.1, 0.15) is 5.56 Å². The topological polar surface area (TPSA) is 100 Å². The highest BCUT2D eigenvalue weighted by molar-refractivity contribution is 8.18. The van der Waals surface area contributed by atoms with E-state index in [0.29, 0.717) is 5.56 Å². The largest absolute Gasteiger partial charge is 0.506 e. The summed E-state index contributed by atoms with van der Waals surface area (Å²) in [6.45, 7) is 0. The number of rotatable bonds is 3. The van der Waals surface area contributed by atoms with E-state index >= 15 is 0 Å². The third-order valence-corrected chi connectivity index (χ3v) is 3.63. The first-order valence-electron chi connectivity index (χ1n) is 5.88. The maximum Gasteiger partial charge on any atom is 0.331 e. The Morgan fingerprint density at radius 1 is 1.50 bits per heavy atom. The number of benzene rings is 1. The SMILES string of the molecule is COC(=O)/C=C1/S/C(=N\N=Cc2ccc(O)c(Cl)c2)NC1=O. The van der Waals surface area contributed by atoms with E-state index in [1.54, 1.807) is 6.07 Å². The first-order valence-corrected chi connectivity index (χ1v) is 7.07. The molecular weight excluding hydrogens is 330 g/mol. The predicted molar refractivity (Wildman–Crippen MR) is 84.0 cm³/mol. The molecule has 1 fully saturated rings. The van der Waals surface area contributed by atoms with Crippen LogP contribution in [0.3, 0.4) is 0 Å². The summed E-state index contributed by atoms with van der Waals surface area (Å²) in [5.41, 5.74) is 0.631. The molecule has 1 aliphatic rings. The highest BCUT2D eigenvalue weighted by Gasteiger charge is 2.24. The number of hydrogen-bond acceptors (Lipinski definition) is 7. The van der Waals surface area contributed by atoms with Crippen molar-refractivity contribution in [3.63, 3.8) is 0 Å². The number of esters is 1. The quantitative estimate of drug-likeness (QED) is 0.377. The lowest BCUT2D eigenvalue weighted by atomic mass is 10.2. The molecule has 0 unspecified atom stereocenters.